The van der Waals surface area contributed by atoms with Crippen LogP contribution < -0.4 is 16.4 Å². The molecule has 1 saturated heterocycles. The summed E-state index contributed by atoms with van der Waals surface area (Å²) in [6.45, 7) is 3.64. The second-order valence-electron chi connectivity index (χ2n) is 12.7. The van der Waals surface area contributed by atoms with Crippen molar-refractivity contribution in [3.63, 3.8) is 0 Å². The Morgan fingerprint density at radius 3 is 1.96 bits per heavy atom. The van der Waals surface area contributed by atoms with Gasteiger partial charge in [-0.3, -0.25) is 4.79 Å². The van der Waals surface area contributed by atoms with Crippen LogP contribution in [0.1, 0.15) is 95.3 Å². The van der Waals surface area contributed by atoms with Crippen molar-refractivity contribution in [2.75, 3.05) is 13.2 Å². The number of nitrogens with one attached hydrogen (secondary N) is 2. The Bertz CT molecular complexity index is 1370. The molecule has 2 heterocycles. The molecule has 12 nitrogen and oxygen atoms in total. The maximum absolute atomic E-state index is 13.7. The zero-order valence-electron chi connectivity index (χ0n) is 29.1. The smallest absolute Gasteiger partial charge is 0.477 e. The average Bonchev–Trinajstić information content (AvgIpc) is 3.55. The lowest BCUT2D eigenvalue weighted by atomic mass is 9.92. The predicted molar refractivity (Wildman–Crippen MR) is 186 cm³/mol. The van der Waals surface area contributed by atoms with Gasteiger partial charge in [0.2, 0.25) is 11.7 Å². The van der Waals surface area contributed by atoms with E-state index in [-0.39, 0.29) is 12.4 Å². The summed E-state index contributed by atoms with van der Waals surface area (Å²) in [7, 11) is 0. The molecular weight excluding hydrogens is 642 g/mol. The maximum Gasteiger partial charge on any atom is 0.508 e. The predicted octanol–water partition coefficient (Wildman–Crippen LogP) is 5.99. The third-order valence-electron chi connectivity index (χ3n) is 8.72. The second-order valence-corrected chi connectivity index (χ2v) is 12.7. The molecular formula is C38H51N3O9. The van der Waals surface area contributed by atoms with Crippen LogP contribution in [-0.4, -0.2) is 67.7 Å². The van der Waals surface area contributed by atoms with Crippen LogP contribution in [0.25, 0.3) is 0 Å². The first kappa shape index (κ1) is 38.2. The van der Waals surface area contributed by atoms with Gasteiger partial charge in [0.15, 0.2) is 24.4 Å². The summed E-state index contributed by atoms with van der Waals surface area (Å²) in [5.74, 6) is -1.51. The van der Waals surface area contributed by atoms with Crippen molar-refractivity contribution in [2.24, 2.45) is 5.73 Å². The van der Waals surface area contributed by atoms with Crippen LogP contribution in [0.2, 0.25) is 0 Å². The SMILES string of the molecule is CCCCCCCCCCCCNC(=O)O[C@H](C1COC(=O)O1)[C@@H]1OC(C(=O)OC(c2ccccc2)c2ccccc2)=C[C@H](N)[C@H]1NC(C)=O. The molecule has 0 aliphatic carbocycles. The lowest BCUT2D eigenvalue weighted by molar-refractivity contribution is -0.153. The number of ether oxygens (including phenoxy) is 5. The van der Waals surface area contributed by atoms with E-state index in [1.54, 1.807) is 0 Å². The molecule has 2 amide bonds. The summed E-state index contributed by atoms with van der Waals surface area (Å²) < 4.78 is 28.3. The van der Waals surface area contributed by atoms with Crippen molar-refractivity contribution in [1.82, 2.24) is 10.6 Å². The minimum atomic E-state index is -1.31. The van der Waals surface area contributed by atoms with Crippen molar-refractivity contribution < 1.29 is 42.9 Å². The number of hydrogen-bond donors (Lipinski definition) is 3. The Morgan fingerprint density at radius 1 is 0.840 bits per heavy atom. The van der Waals surface area contributed by atoms with Gasteiger partial charge < -0.3 is 40.1 Å². The van der Waals surface area contributed by atoms with Crippen molar-refractivity contribution >= 4 is 24.1 Å². The Kier molecular flexibility index (Phi) is 15.4. The highest BCUT2D eigenvalue weighted by Crippen LogP contribution is 2.31. The fraction of sp³-hybridized carbons (Fsp3) is 0.526. The molecule has 2 aliphatic rings. The summed E-state index contributed by atoms with van der Waals surface area (Å²) in [4.78, 5) is 51.1. The van der Waals surface area contributed by atoms with Crippen LogP contribution in [0.15, 0.2) is 72.5 Å². The highest BCUT2D eigenvalue weighted by atomic mass is 16.8. The van der Waals surface area contributed by atoms with Crippen molar-refractivity contribution in [1.29, 1.82) is 0 Å². The number of amides is 2. The molecule has 12 heteroatoms. The summed E-state index contributed by atoms with van der Waals surface area (Å²) in [5, 5.41) is 5.49. The van der Waals surface area contributed by atoms with Crippen LogP contribution >= 0.6 is 0 Å². The molecule has 0 aromatic heterocycles. The molecule has 50 heavy (non-hydrogen) atoms. The van der Waals surface area contributed by atoms with E-state index in [1.807, 2.05) is 60.7 Å². The van der Waals surface area contributed by atoms with Gasteiger partial charge in [0.05, 0.1) is 12.1 Å². The summed E-state index contributed by atoms with van der Waals surface area (Å²) in [6, 6.07) is 16.5. The van der Waals surface area contributed by atoms with E-state index in [9.17, 15) is 19.2 Å². The minimum Gasteiger partial charge on any atom is -0.477 e. The van der Waals surface area contributed by atoms with Crippen molar-refractivity contribution in [3.05, 3.63) is 83.6 Å². The van der Waals surface area contributed by atoms with Crippen LogP contribution in [-0.2, 0) is 33.3 Å². The molecule has 5 atom stereocenters. The van der Waals surface area contributed by atoms with Crippen LogP contribution in [0, 0.1) is 0 Å². The molecule has 4 rings (SSSR count). The second kappa shape index (κ2) is 20.2. The van der Waals surface area contributed by atoms with E-state index in [2.05, 4.69) is 17.6 Å². The quantitative estimate of drug-likeness (QED) is 0.0905. The molecule has 1 unspecified atom stereocenters. The molecule has 2 aliphatic heterocycles. The first-order valence-corrected chi connectivity index (χ1v) is 17.8. The van der Waals surface area contributed by atoms with Gasteiger partial charge in [0, 0.05) is 13.5 Å². The fourth-order valence-corrected chi connectivity index (χ4v) is 6.13. The van der Waals surface area contributed by atoms with E-state index in [0.717, 1.165) is 36.8 Å². The molecule has 4 N–H and O–H groups in total. The number of carbonyl (C=O) groups excluding carboxylic acids is 4. The van der Waals surface area contributed by atoms with E-state index in [0.29, 0.717) is 6.54 Å². The van der Waals surface area contributed by atoms with Gasteiger partial charge in [0.25, 0.3) is 0 Å². The Hall–Kier alpha value is -4.58. The highest BCUT2D eigenvalue weighted by molar-refractivity contribution is 5.87. The van der Waals surface area contributed by atoms with Crippen LogP contribution in [0.3, 0.4) is 0 Å². The van der Waals surface area contributed by atoms with Gasteiger partial charge in [-0.15, -0.1) is 0 Å². The molecule has 0 radical (unpaired) electrons. The maximum atomic E-state index is 13.7. The van der Waals surface area contributed by atoms with Gasteiger partial charge in [-0.25, -0.2) is 14.4 Å². The first-order valence-electron chi connectivity index (χ1n) is 17.8. The Morgan fingerprint density at radius 2 is 1.42 bits per heavy atom. The molecule has 1 fully saturated rings. The summed E-state index contributed by atoms with van der Waals surface area (Å²) in [6.07, 6.45) is 6.72. The minimum absolute atomic E-state index is 0.245. The molecule has 0 saturated carbocycles. The van der Waals surface area contributed by atoms with Crippen LogP contribution in [0.4, 0.5) is 9.59 Å². The molecule has 0 bridgehead atoms. The number of hydrogen-bond acceptors (Lipinski definition) is 10. The normalized spacial score (nSPS) is 20.5. The van der Waals surface area contributed by atoms with Gasteiger partial charge in [-0.05, 0) is 23.6 Å². The van der Waals surface area contributed by atoms with Gasteiger partial charge in [-0.1, -0.05) is 125 Å². The van der Waals surface area contributed by atoms with E-state index in [1.165, 1.54) is 51.5 Å². The number of carbonyl (C=O) groups is 4. The Labute approximate surface area is 294 Å². The number of esters is 1. The molecule has 2 aromatic rings. The van der Waals surface area contributed by atoms with Gasteiger partial charge in [-0.2, -0.15) is 0 Å². The summed E-state index contributed by atoms with van der Waals surface area (Å²) >= 11 is 0. The number of unbranched alkanes of at least 4 members (excludes halogenated alkanes) is 9. The standard InChI is InChI=1S/C38H51N3O9/c1-3-4-5-6-7-8-9-10-11-18-23-40-37(44)50-34(31-25-46-38(45)48-31)35-32(41-26(2)42)29(39)24-30(47-35)36(43)49-33(27-19-14-12-15-20-27)28-21-16-13-17-22-28/h12-17,19-22,24,29,31-35H,3-11,18,23,25,39H2,1-2H3,(H,40,44)(H,41,42)/t29-,31?,32+,34+,35+/m0/s1. The van der Waals surface area contributed by atoms with E-state index in [4.69, 9.17) is 29.4 Å². The summed E-state index contributed by atoms with van der Waals surface area (Å²) in [5.41, 5.74) is 7.96. The third-order valence-corrected chi connectivity index (χ3v) is 8.72. The van der Waals surface area contributed by atoms with Crippen LogP contribution in [0.5, 0.6) is 0 Å². The molecule has 0 spiro atoms. The largest absolute Gasteiger partial charge is 0.508 e. The third kappa shape index (κ3) is 11.8. The Balaban J connectivity index is 1.44. The lowest BCUT2D eigenvalue weighted by Crippen LogP contribution is -2.63. The number of benzene rings is 2. The average molecular weight is 694 g/mol. The molecule has 272 valence electrons. The fourth-order valence-electron chi connectivity index (χ4n) is 6.13. The lowest BCUT2D eigenvalue weighted by Gasteiger charge is -2.40. The van der Waals surface area contributed by atoms with E-state index >= 15 is 0 Å². The number of nitrogens with two attached hydrogens (primary N) is 1. The van der Waals surface area contributed by atoms with Crippen molar-refractivity contribution in [3.8, 4) is 0 Å². The first-order chi connectivity index (χ1) is 24.3. The number of alkyl carbamates (subject to hydrolysis) is 1. The van der Waals surface area contributed by atoms with Gasteiger partial charge in [0.1, 0.15) is 6.61 Å². The van der Waals surface area contributed by atoms with Gasteiger partial charge >= 0.3 is 18.2 Å². The van der Waals surface area contributed by atoms with Crippen molar-refractivity contribution in [2.45, 2.75) is 115 Å². The monoisotopic (exact) mass is 693 g/mol. The highest BCUT2D eigenvalue weighted by Gasteiger charge is 2.49. The topological polar surface area (TPSA) is 165 Å². The number of cyclic esters (lactones) is 2. The van der Waals surface area contributed by atoms with E-state index < -0.39 is 60.6 Å². The zero-order valence-corrected chi connectivity index (χ0v) is 29.1. The zero-order chi connectivity index (χ0) is 35.7. The number of rotatable bonds is 19. The molecule has 2 aromatic carbocycles.